The Hall–Kier alpha value is -1.92. The van der Waals surface area contributed by atoms with Gasteiger partial charge in [0, 0.05) is 17.5 Å². The van der Waals surface area contributed by atoms with E-state index in [1.165, 1.54) is 31.9 Å². The number of methoxy groups -OCH3 is 1. The predicted octanol–water partition coefficient (Wildman–Crippen LogP) is 3.65. The summed E-state index contributed by atoms with van der Waals surface area (Å²) in [6, 6.07) is 6.32. The van der Waals surface area contributed by atoms with Crippen LogP contribution in [0.15, 0.2) is 52.5 Å². The summed E-state index contributed by atoms with van der Waals surface area (Å²) in [5.41, 5.74) is 2.91. The van der Waals surface area contributed by atoms with Crippen molar-refractivity contribution < 1.29 is 17.9 Å². The Morgan fingerprint density at radius 3 is 2.44 bits per heavy atom. The van der Waals surface area contributed by atoms with Gasteiger partial charge < -0.3 is 4.74 Å². The topological polar surface area (TPSA) is 72.5 Å². The molecule has 0 radical (unpaired) electrons. The number of ether oxygens (including phenoxy) is 1. The molecule has 2 aliphatic carbocycles. The van der Waals surface area contributed by atoms with Gasteiger partial charge in [-0.3, -0.25) is 0 Å². The minimum atomic E-state index is -3.64. The molecule has 0 saturated heterocycles. The van der Waals surface area contributed by atoms with Gasteiger partial charge in [0.15, 0.2) is 0 Å². The third-order valence-electron chi connectivity index (χ3n) is 5.28. The van der Waals surface area contributed by atoms with Crippen LogP contribution in [0.5, 0.6) is 0 Å². The van der Waals surface area contributed by atoms with Crippen molar-refractivity contribution in [3.63, 3.8) is 0 Å². The van der Waals surface area contributed by atoms with E-state index < -0.39 is 16.1 Å². The molecule has 1 aromatic rings. The van der Waals surface area contributed by atoms with Gasteiger partial charge in [-0.1, -0.05) is 41.8 Å². The van der Waals surface area contributed by atoms with E-state index in [0.29, 0.717) is 12.0 Å². The van der Waals surface area contributed by atoms with Crippen LogP contribution in [0.25, 0.3) is 0 Å². The van der Waals surface area contributed by atoms with E-state index in [2.05, 4.69) is 10.8 Å². The fourth-order valence-corrected chi connectivity index (χ4v) is 5.02. The van der Waals surface area contributed by atoms with Crippen molar-refractivity contribution in [1.82, 2.24) is 4.72 Å². The first kappa shape index (κ1) is 19.8. The Labute approximate surface area is 161 Å². The summed E-state index contributed by atoms with van der Waals surface area (Å²) in [5.74, 6) is -0.485. The summed E-state index contributed by atoms with van der Waals surface area (Å²) >= 11 is 0. The first-order valence-corrected chi connectivity index (χ1v) is 11.0. The van der Waals surface area contributed by atoms with E-state index in [0.717, 1.165) is 18.4 Å². The third kappa shape index (κ3) is 4.87. The van der Waals surface area contributed by atoms with Crippen LogP contribution in [-0.4, -0.2) is 27.5 Å². The highest BCUT2D eigenvalue weighted by Crippen LogP contribution is 2.33. The number of carbonyl (C=O) groups is 1. The quantitative estimate of drug-likeness (QED) is 0.616. The van der Waals surface area contributed by atoms with Gasteiger partial charge in [-0.15, -0.1) is 0 Å². The second kappa shape index (κ2) is 8.40. The molecule has 27 heavy (non-hydrogen) atoms. The van der Waals surface area contributed by atoms with Gasteiger partial charge in [0.2, 0.25) is 10.0 Å². The second-order valence-electron chi connectivity index (χ2n) is 7.38. The zero-order valence-corrected chi connectivity index (χ0v) is 16.7. The fourth-order valence-electron chi connectivity index (χ4n) is 3.83. The van der Waals surface area contributed by atoms with Gasteiger partial charge in [0.1, 0.15) is 0 Å². The molecule has 1 aromatic carbocycles. The molecule has 3 rings (SSSR count). The number of rotatable bonds is 5. The van der Waals surface area contributed by atoms with Crippen LogP contribution in [0.2, 0.25) is 0 Å². The second-order valence-corrected chi connectivity index (χ2v) is 9.10. The molecule has 0 aromatic heterocycles. The summed E-state index contributed by atoms with van der Waals surface area (Å²) in [5, 5.41) is 0. The Kier molecular flexibility index (Phi) is 6.17. The molecule has 0 heterocycles. The fraction of sp³-hybridized carbons (Fsp3) is 0.476. The lowest BCUT2D eigenvalue weighted by molar-refractivity contribution is -0.136. The maximum Gasteiger partial charge on any atom is 0.334 e. The maximum absolute atomic E-state index is 12.7. The lowest BCUT2D eigenvalue weighted by Gasteiger charge is -2.18. The van der Waals surface area contributed by atoms with E-state index in [1.807, 2.05) is 6.92 Å². The molecular formula is C21H27NO4S. The highest BCUT2D eigenvalue weighted by Gasteiger charge is 2.32. The van der Waals surface area contributed by atoms with Crippen LogP contribution in [-0.2, 0) is 19.6 Å². The maximum atomic E-state index is 12.7. The molecule has 0 amide bonds. The number of hydrogen-bond acceptors (Lipinski definition) is 4. The molecule has 2 atom stereocenters. The van der Waals surface area contributed by atoms with Crippen LogP contribution >= 0.6 is 0 Å². The summed E-state index contributed by atoms with van der Waals surface area (Å²) < 4.78 is 33.0. The summed E-state index contributed by atoms with van der Waals surface area (Å²) in [7, 11) is -2.28. The smallest absolute Gasteiger partial charge is 0.334 e. The first-order chi connectivity index (χ1) is 12.9. The Balaban J connectivity index is 1.79. The number of allylic oxidation sites excluding steroid dienone is 2. The van der Waals surface area contributed by atoms with Crippen LogP contribution in [0.3, 0.4) is 0 Å². The normalized spacial score (nSPS) is 23.0. The molecule has 1 fully saturated rings. The zero-order chi connectivity index (χ0) is 19.4. The van der Waals surface area contributed by atoms with Crippen molar-refractivity contribution >= 4 is 16.0 Å². The van der Waals surface area contributed by atoms with Crippen molar-refractivity contribution in [2.24, 2.45) is 5.92 Å². The Morgan fingerprint density at radius 1 is 1.15 bits per heavy atom. The van der Waals surface area contributed by atoms with Gasteiger partial charge >= 0.3 is 5.97 Å². The first-order valence-electron chi connectivity index (χ1n) is 9.47. The van der Waals surface area contributed by atoms with Crippen molar-refractivity contribution in [2.45, 2.75) is 56.4 Å². The van der Waals surface area contributed by atoms with Crippen molar-refractivity contribution in [3.05, 3.63) is 53.1 Å². The average molecular weight is 390 g/mol. The lowest BCUT2D eigenvalue weighted by Crippen LogP contribution is -2.32. The SMILES string of the molecule is COC(=O)C1=C[C@H](NS(=O)(=O)c2ccc(C)cc2)C[C@H]1C=C1CCCCC1. The number of hydrogen-bond donors (Lipinski definition) is 1. The summed E-state index contributed by atoms with van der Waals surface area (Å²) in [4.78, 5) is 12.4. The van der Waals surface area contributed by atoms with Crippen LogP contribution in [0.1, 0.15) is 44.1 Å². The molecule has 0 aliphatic heterocycles. The van der Waals surface area contributed by atoms with E-state index >= 15 is 0 Å². The average Bonchev–Trinajstić information content (AvgIpc) is 3.03. The van der Waals surface area contributed by atoms with E-state index in [-0.39, 0.29) is 16.8 Å². The number of esters is 1. The predicted molar refractivity (Wildman–Crippen MR) is 105 cm³/mol. The highest BCUT2D eigenvalue weighted by molar-refractivity contribution is 7.89. The molecule has 1 N–H and O–H groups in total. The standard InChI is InChI=1S/C21H27NO4S/c1-15-8-10-19(11-9-15)27(24,25)22-18-13-17(20(14-18)21(23)26-2)12-16-6-4-3-5-7-16/h8-12,14,17-18,22H,3-7,13H2,1-2H3/t17-,18-/m1/s1. The number of carbonyl (C=O) groups excluding carboxylic acids is 1. The molecule has 146 valence electrons. The molecule has 0 bridgehead atoms. The van der Waals surface area contributed by atoms with Crippen molar-refractivity contribution in [3.8, 4) is 0 Å². The Bertz CT molecular complexity index is 845. The van der Waals surface area contributed by atoms with Gasteiger partial charge in [-0.05, 0) is 51.2 Å². The van der Waals surface area contributed by atoms with Gasteiger partial charge in [-0.2, -0.15) is 0 Å². The minimum absolute atomic E-state index is 0.101. The van der Waals surface area contributed by atoms with E-state index in [9.17, 15) is 13.2 Å². The number of aryl methyl sites for hydroxylation is 1. The molecule has 2 aliphatic rings. The van der Waals surface area contributed by atoms with Gasteiger partial charge in [0.25, 0.3) is 0 Å². The molecule has 5 nitrogen and oxygen atoms in total. The Morgan fingerprint density at radius 2 is 1.81 bits per heavy atom. The van der Waals surface area contributed by atoms with Crippen LogP contribution in [0.4, 0.5) is 0 Å². The highest BCUT2D eigenvalue weighted by atomic mass is 32.2. The largest absolute Gasteiger partial charge is 0.466 e. The summed E-state index contributed by atoms with van der Waals surface area (Å²) in [6.07, 6.45) is 10.1. The van der Waals surface area contributed by atoms with Crippen molar-refractivity contribution in [1.29, 1.82) is 0 Å². The van der Waals surface area contributed by atoms with Gasteiger partial charge in [-0.25, -0.2) is 17.9 Å². The van der Waals surface area contributed by atoms with E-state index in [1.54, 1.807) is 30.3 Å². The molecule has 0 spiro atoms. The molecule has 6 heteroatoms. The number of nitrogens with one attached hydrogen (secondary N) is 1. The molecular weight excluding hydrogens is 362 g/mol. The van der Waals surface area contributed by atoms with Crippen LogP contribution < -0.4 is 4.72 Å². The lowest BCUT2D eigenvalue weighted by atomic mass is 9.89. The number of benzene rings is 1. The molecule has 0 unspecified atom stereocenters. The van der Waals surface area contributed by atoms with E-state index in [4.69, 9.17) is 4.74 Å². The number of sulfonamides is 1. The zero-order valence-electron chi connectivity index (χ0n) is 15.9. The summed E-state index contributed by atoms with van der Waals surface area (Å²) in [6.45, 7) is 1.91. The van der Waals surface area contributed by atoms with Crippen molar-refractivity contribution in [2.75, 3.05) is 7.11 Å². The van der Waals surface area contributed by atoms with Gasteiger partial charge in [0.05, 0.1) is 12.0 Å². The van der Waals surface area contributed by atoms with Crippen LogP contribution in [0, 0.1) is 12.8 Å². The molecule has 1 saturated carbocycles. The monoisotopic (exact) mass is 389 g/mol. The third-order valence-corrected chi connectivity index (χ3v) is 6.79. The minimum Gasteiger partial charge on any atom is -0.466 e.